The van der Waals surface area contributed by atoms with Crippen LogP contribution in [0.4, 0.5) is 5.82 Å². The maximum Gasteiger partial charge on any atom is 0.354 e. The highest BCUT2D eigenvalue weighted by Gasteiger charge is 2.25. The minimum atomic E-state index is -1.03. The van der Waals surface area contributed by atoms with Gasteiger partial charge in [-0.25, -0.2) is 9.78 Å². The maximum atomic E-state index is 10.8. The predicted molar refractivity (Wildman–Crippen MR) is 58.7 cm³/mol. The molecule has 1 aromatic rings. The average Bonchev–Trinajstić information content (AvgIpc) is 2.77. The number of hydrogen-bond acceptors (Lipinski definition) is 4. The van der Waals surface area contributed by atoms with Gasteiger partial charge in [-0.2, -0.15) is 0 Å². The van der Waals surface area contributed by atoms with Crippen LogP contribution < -0.4 is 4.90 Å². The van der Waals surface area contributed by atoms with E-state index in [4.69, 9.17) is 5.11 Å². The van der Waals surface area contributed by atoms with Gasteiger partial charge < -0.3 is 15.1 Å². The first-order valence-corrected chi connectivity index (χ1v) is 5.30. The second-order valence-electron chi connectivity index (χ2n) is 3.86. The fourth-order valence-corrected chi connectivity index (χ4v) is 2.03. The van der Waals surface area contributed by atoms with Gasteiger partial charge in [0.2, 0.25) is 0 Å². The molecule has 1 unspecified atom stereocenters. The lowest BCUT2D eigenvalue weighted by Crippen LogP contribution is -2.32. The van der Waals surface area contributed by atoms with Crippen molar-refractivity contribution in [3.63, 3.8) is 0 Å². The van der Waals surface area contributed by atoms with Crippen molar-refractivity contribution in [1.29, 1.82) is 0 Å². The Morgan fingerprint density at radius 2 is 2.38 bits per heavy atom. The van der Waals surface area contributed by atoms with E-state index < -0.39 is 5.97 Å². The number of aliphatic hydroxyl groups excluding tert-OH is 1. The summed E-state index contributed by atoms with van der Waals surface area (Å²) in [4.78, 5) is 16.8. The fraction of sp³-hybridized carbons (Fsp3) is 0.455. The number of carbonyl (C=O) groups is 1. The molecule has 1 aliphatic rings. The molecular formula is C11H14N2O3. The first-order chi connectivity index (χ1) is 7.72. The number of aliphatic hydroxyl groups is 1. The largest absolute Gasteiger partial charge is 0.477 e. The first kappa shape index (κ1) is 10.9. The number of carboxylic acids is 1. The molecule has 5 heteroatoms. The Bertz CT molecular complexity index is 395. The van der Waals surface area contributed by atoms with Crippen molar-refractivity contribution in [3.05, 3.63) is 23.9 Å². The zero-order chi connectivity index (χ0) is 11.5. The number of aromatic nitrogens is 1. The molecule has 0 aliphatic carbocycles. The van der Waals surface area contributed by atoms with Gasteiger partial charge in [0.1, 0.15) is 5.82 Å². The van der Waals surface area contributed by atoms with Crippen LogP contribution in [0.1, 0.15) is 23.3 Å². The smallest absolute Gasteiger partial charge is 0.354 e. The summed E-state index contributed by atoms with van der Waals surface area (Å²) in [5.74, 6) is -0.391. The number of nitrogens with zero attached hydrogens (tertiary/aromatic N) is 2. The van der Waals surface area contributed by atoms with Gasteiger partial charge in [-0.15, -0.1) is 0 Å². The summed E-state index contributed by atoms with van der Waals surface area (Å²) in [7, 11) is 0. The van der Waals surface area contributed by atoms with Crippen LogP contribution >= 0.6 is 0 Å². The molecular weight excluding hydrogens is 208 g/mol. The molecule has 86 valence electrons. The quantitative estimate of drug-likeness (QED) is 0.789. The van der Waals surface area contributed by atoms with Gasteiger partial charge in [-0.05, 0) is 25.0 Å². The minimum absolute atomic E-state index is 0.0427. The summed E-state index contributed by atoms with van der Waals surface area (Å²) in [6.45, 7) is 0.903. The Balaban J connectivity index is 2.26. The zero-order valence-corrected chi connectivity index (χ0v) is 8.83. The molecule has 0 radical (unpaired) electrons. The molecule has 1 fully saturated rings. The lowest BCUT2D eigenvalue weighted by molar-refractivity contribution is 0.0690. The van der Waals surface area contributed by atoms with Crippen molar-refractivity contribution >= 4 is 11.8 Å². The number of hydrogen-bond donors (Lipinski definition) is 2. The molecule has 1 aromatic heterocycles. The van der Waals surface area contributed by atoms with Crippen molar-refractivity contribution in [2.24, 2.45) is 0 Å². The van der Waals surface area contributed by atoms with Crippen LogP contribution in [0, 0.1) is 0 Å². The average molecular weight is 222 g/mol. The molecule has 2 rings (SSSR count). The summed E-state index contributed by atoms with van der Waals surface area (Å²) in [6.07, 6.45) is 1.93. The van der Waals surface area contributed by atoms with E-state index in [9.17, 15) is 9.90 Å². The van der Waals surface area contributed by atoms with Gasteiger partial charge >= 0.3 is 5.97 Å². The van der Waals surface area contributed by atoms with E-state index in [0.717, 1.165) is 19.4 Å². The van der Waals surface area contributed by atoms with Crippen LogP contribution in [-0.4, -0.2) is 40.4 Å². The second kappa shape index (κ2) is 4.49. The van der Waals surface area contributed by atoms with E-state index in [1.807, 2.05) is 4.90 Å². The Labute approximate surface area is 93.3 Å². The van der Waals surface area contributed by atoms with Crippen LogP contribution in [0.2, 0.25) is 0 Å². The van der Waals surface area contributed by atoms with E-state index in [-0.39, 0.29) is 18.3 Å². The third-order valence-electron chi connectivity index (χ3n) is 2.84. The summed E-state index contributed by atoms with van der Waals surface area (Å²) in [6, 6.07) is 4.99. The molecule has 1 saturated heterocycles. The summed E-state index contributed by atoms with van der Waals surface area (Å²) in [5, 5.41) is 18.0. The molecule has 0 aromatic carbocycles. The van der Waals surface area contributed by atoms with E-state index in [2.05, 4.69) is 4.98 Å². The Morgan fingerprint density at radius 1 is 1.56 bits per heavy atom. The molecule has 5 nitrogen and oxygen atoms in total. The number of rotatable bonds is 3. The second-order valence-corrected chi connectivity index (χ2v) is 3.86. The molecule has 0 bridgehead atoms. The van der Waals surface area contributed by atoms with Crippen LogP contribution in [-0.2, 0) is 0 Å². The molecule has 0 saturated carbocycles. The van der Waals surface area contributed by atoms with Crippen molar-refractivity contribution < 1.29 is 15.0 Å². The third kappa shape index (κ3) is 1.99. The van der Waals surface area contributed by atoms with Crippen molar-refractivity contribution in [1.82, 2.24) is 4.98 Å². The number of aromatic carboxylic acids is 1. The zero-order valence-electron chi connectivity index (χ0n) is 8.83. The SMILES string of the molecule is O=C(O)c1cccc(N2CCCC2CO)n1. The van der Waals surface area contributed by atoms with Gasteiger partial charge in [0.15, 0.2) is 5.69 Å². The Hall–Kier alpha value is -1.62. The van der Waals surface area contributed by atoms with Crippen molar-refractivity contribution in [2.45, 2.75) is 18.9 Å². The molecule has 2 N–H and O–H groups in total. The predicted octanol–water partition coefficient (Wildman–Crippen LogP) is 0.741. The van der Waals surface area contributed by atoms with Crippen molar-refractivity contribution in [2.75, 3.05) is 18.1 Å². The number of anilines is 1. The molecule has 0 amide bonds. The van der Waals surface area contributed by atoms with Crippen LogP contribution in [0.5, 0.6) is 0 Å². The molecule has 1 atom stereocenters. The highest BCUT2D eigenvalue weighted by atomic mass is 16.4. The van der Waals surface area contributed by atoms with Crippen molar-refractivity contribution in [3.8, 4) is 0 Å². The first-order valence-electron chi connectivity index (χ1n) is 5.30. The third-order valence-corrected chi connectivity index (χ3v) is 2.84. The van der Waals surface area contributed by atoms with Gasteiger partial charge in [-0.1, -0.05) is 6.07 Å². The Kier molecular flexibility index (Phi) is 3.05. The van der Waals surface area contributed by atoms with Gasteiger partial charge in [0.05, 0.1) is 12.6 Å². The van der Waals surface area contributed by atoms with E-state index in [1.54, 1.807) is 12.1 Å². The van der Waals surface area contributed by atoms with Crippen LogP contribution in [0.25, 0.3) is 0 Å². The molecule has 1 aliphatic heterocycles. The standard InChI is InChI=1S/C11H14N2O3/c14-7-8-3-2-6-13(8)10-5-1-4-9(12-10)11(15)16/h1,4-5,8,14H,2-3,6-7H2,(H,15,16). The summed E-state index contributed by atoms with van der Waals surface area (Å²) in [5.41, 5.74) is 0.0427. The number of carboxylic acid groups (broad SMARTS) is 1. The van der Waals surface area contributed by atoms with E-state index in [1.165, 1.54) is 6.07 Å². The number of pyridine rings is 1. The minimum Gasteiger partial charge on any atom is -0.477 e. The lowest BCUT2D eigenvalue weighted by atomic mass is 10.2. The topological polar surface area (TPSA) is 73.7 Å². The van der Waals surface area contributed by atoms with E-state index in [0.29, 0.717) is 5.82 Å². The highest BCUT2D eigenvalue weighted by molar-refractivity contribution is 5.85. The van der Waals surface area contributed by atoms with Crippen LogP contribution in [0.15, 0.2) is 18.2 Å². The van der Waals surface area contributed by atoms with Gasteiger partial charge in [0.25, 0.3) is 0 Å². The van der Waals surface area contributed by atoms with E-state index >= 15 is 0 Å². The highest BCUT2D eigenvalue weighted by Crippen LogP contribution is 2.23. The normalized spacial score (nSPS) is 20.1. The fourth-order valence-electron chi connectivity index (χ4n) is 2.03. The lowest BCUT2D eigenvalue weighted by Gasteiger charge is -2.24. The summed E-state index contributed by atoms with van der Waals surface area (Å²) >= 11 is 0. The monoisotopic (exact) mass is 222 g/mol. The molecule has 0 spiro atoms. The van der Waals surface area contributed by atoms with Gasteiger partial charge in [-0.3, -0.25) is 0 Å². The molecule has 2 heterocycles. The maximum absolute atomic E-state index is 10.8. The molecule has 16 heavy (non-hydrogen) atoms. The summed E-state index contributed by atoms with van der Waals surface area (Å²) < 4.78 is 0. The van der Waals surface area contributed by atoms with Crippen LogP contribution in [0.3, 0.4) is 0 Å². The Morgan fingerprint density at radius 3 is 3.06 bits per heavy atom. The van der Waals surface area contributed by atoms with Gasteiger partial charge in [0, 0.05) is 6.54 Å².